The van der Waals surface area contributed by atoms with E-state index in [1.165, 1.54) is 4.57 Å². The molecule has 0 aliphatic rings. The van der Waals surface area contributed by atoms with Crippen molar-refractivity contribution in [1.29, 1.82) is 0 Å². The first-order valence-corrected chi connectivity index (χ1v) is 5.37. The standard InChI is InChI=1S/C11H12F3N3O/c1-17-9-7(15-6-5-11(12,13)14)3-2-4-8(9)16-10(17)18/h2-4,15H,5-6H2,1H3,(H,16,18). The molecule has 0 bridgehead atoms. The van der Waals surface area contributed by atoms with Gasteiger partial charge in [-0.3, -0.25) is 4.57 Å². The molecule has 0 aliphatic carbocycles. The lowest BCUT2D eigenvalue weighted by atomic mass is 10.2. The lowest BCUT2D eigenvalue weighted by Gasteiger charge is -2.10. The van der Waals surface area contributed by atoms with Crippen LogP contribution in [0.5, 0.6) is 0 Å². The predicted molar refractivity (Wildman–Crippen MR) is 62.7 cm³/mol. The number of rotatable bonds is 3. The largest absolute Gasteiger partial charge is 0.390 e. The van der Waals surface area contributed by atoms with Crippen molar-refractivity contribution < 1.29 is 13.2 Å². The second-order valence-electron chi connectivity index (χ2n) is 3.98. The van der Waals surface area contributed by atoms with Crippen molar-refractivity contribution in [2.24, 2.45) is 7.05 Å². The minimum absolute atomic E-state index is 0.220. The second kappa shape index (κ2) is 4.40. The van der Waals surface area contributed by atoms with Crippen LogP contribution in [0.3, 0.4) is 0 Å². The Morgan fingerprint density at radius 1 is 1.39 bits per heavy atom. The second-order valence-corrected chi connectivity index (χ2v) is 3.98. The van der Waals surface area contributed by atoms with E-state index in [9.17, 15) is 18.0 Å². The van der Waals surface area contributed by atoms with E-state index >= 15 is 0 Å². The molecule has 0 amide bonds. The van der Waals surface area contributed by atoms with Crippen LogP contribution in [-0.2, 0) is 7.05 Å². The van der Waals surface area contributed by atoms with E-state index in [0.29, 0.717) is 16.7 Å². The molecular formula is C11H12F3N3O. The highest BCUT2D eigenvalue weighted by Gasteiger charge is 2.26. The van der Waals surface area contributed by atoms with Crippen LogP contribution >= 0.6 is 0 Å². The Kier molecular flexibility index (Phi) is 3.06. The molecule has 4 nitrogen and oxygen atoms in total. The molecule has 0 saturated carbocycles. The fourth-order valence-electron chi connectivity index (χ4n) is 1.79. The smallest absolute Gasteiger partial charge is 0.383 e. The lowest BCUT2D eigenvalue weighted by Crippen LogP contribution is -2.16. The summed E-state index contributed by atoms with van der Waals surface area (Å²) in [4.78, 5) is 14.0. The summed E-state index contributed by atoms with van der Waals surface area (Å²) in [5.74, 6) is 0. The molecule has 0 fully saturated rings. The normalized spacial score (nSPS) is 12.0. The van der Waals surface area contributed by atoms with Crippen molar-refractivity contribution >= 4 is 16.7 Å². The van der Waals surface area contributed by atoms with Crippen LogP contribution in [0.1, 0.15) is 6.42 Å². The monoisotopic (exact) mass is 259 g/mol. The zero-order valence-corrected chi connectivity index (χ0v) is 9.64. The maximum absolute atomic E-state index is 12.1. The van der Waals surface area contributed by atoms with Crippen LogP contribution in [0.15, 0.2) is 23.0 Å². The number of aromatic amines is 1. The first kappa shape index (κ1) is 12.5. The van der Waals surface area contributed by atoms with Crippen molar-refractivity contribution in [2.75, 3.05) is 11.9 Å². The van der Waals surface area contributed by atoms with Crippen molar-refractivity contribution in [3.8, 4) is 0 Å². The zero-order chi connectivity index (χ0) is 13.3. The van der Waals surface area contributed by atoms with E-state index < -0.39 is 12.6 Å². The van der Waals surface area contributed by atoms with Gasteiger partial charge in [-0.25, -0.2) is 4.79 Å². The molecule has 0 radical (unpaired) electrons. The molecule has 1 aromatic carbocycles. The maximum Gasteiger partial charge on any atom is 0.390 e. The van der Waals surface area contributed by atoms with Crippen molar-refractivity contribution in [3.63, 3.8) is 0 Å². The molecule has 0 atom stereocenters. The summed E-state index contributed by atoms with van der Waals surface area (Å²) >= 11 is 0. The zero-order valence-electron chi connectivity index (χ0n) is 9.64. The molecule has 7 heteroatoms. The Hall–Kier alpha value is -1.92. The summed E-state index contributed by atoms with van der Waals surface area (Å²) < 4.78 is 37.5. The van der Waals surface area contributed by atoms with E-state index in [4.69, 9.17) is 0 Å². The number of fused-ring (bicyclic) bond motifs is 1. The van der Waals surface area contributed by atoms with Crippen LogP contribution in [0.25, 0.3) is 11.0 Å². The molecule has 1 aromatic heterocycles. The average Bonchev–Trinajstić information content (AvgIpc) is 2.54. The number of para-hydroxylation sites is 1. The third-order valence-electron chi connectivity index (χ3n) is 2.64. The summed E-state index contributed by atoms with van der Waals surface area (Å²) in [5.41, 5.74) is 1.39. The predicted octanol–water partition coefficient (Wildman–Crippen LogP) is 2.23. The first-order valence-electron chi connectivity index (χ1n) is 5.37. The SMILES string of the molecule is Cn1c(=O)[nH]c2cccc(NCCC(F)(F)F)c21. The van der Waals surface area contributed by atoms with Gasteiger partial charge in [0, 0.05) is 13.6 Å². The van der Waals surface area contributed by atoms with Gasteiger partial charge in [-0.1, -0.05) is 6.07 Å². The number of H-pyrrole nitrogens is 1. The van der Waals surface area contributed by atoms with Crippen LogP contribution < -0.4 is 11.0 Å². The van der Waals surface area contributed by atoms with Crippen LogP contribution in [0.4, 0.5) is 18.9 Å². The molecule has 2 rings (SSSR count). The van der Waals surface area contributed by atoms with Crippen LogP contribution in [-0.4, -0.2) is 22.3 Å². The molecule has 98 valence electrons. The van der Waals surface area contributed by atoms with Crippen LogP contribution in [0.2, 0.25) is 0 Å². The van der Waals surface area contributed by atoms with Crippen LogP contribution in [0, 0.1) is 0 Å². The van der Waals surface area contributed by atoms with Gasteiger partial charge in [-0.2, -0.15) is 13.2 Å². The van der Waals surface area contributed by atoms with Crippen molar-refractivity contribution in [2.45, 2.75) is 12.6 Å². The summed E-state index contributed by atoms with van der Waals surface area (Å²) in [6.45, 7) is -0.220. The number of nitrogens with zero attached hydrogens (tertiary/aromatic N) is 1. The third kappa shape index (κ3) is 2.49. The molecule has 0 saturated heterocycles. The van der Waals surface area contributed by atoms with E-state index in [1.807, 2.05) is 0 Å². The van der Waals surface area contributed by atoms with Gasteiger partial charge < -0.3 is 10.3 Å². The Bertz CT molecular complexity index is 612. The van der Waals surface area contributed by atoms with E-state index in [1.54, 1.807) is 25.2 Å². The van der Waals surface area contributed by atoms with Gasteiger partial charge >= 0.3 is 11.9 Å². The number of hydrogen-bond acceptors (Lipinski definition) is 2. The van der Waals surface area contributed by atoms with Gasteiger partial charge in [0.15, 0.2) is 0 Å². The quantitative estimate of drug-likeness (QED) is 0.888. The van der Waals surface area contributed by atoms with Gasteiger partial charge in [0.2, 0.25) is 0 Å². The molecular weight excluding hydrogens is 247 g/mol. The molecule has 18 heavy (non-hydrogen) atoms. The lowest BCUT2D eigenvalue weighted by molar-refractivity contribution is -0.131. The number of halogens is 3. The fourth-order valence-corrected chi connectivity index (χ4v) is 1.79. The number of aromatic nitrogens is 2. The number of anilines is 1. The maximum atomic E-state index is 12.1. The van der Waals surface area contributed by atoms with Crippen molar-refractivity contribution in [1.82, 2.24) is 9.55 Å². The number of nitrogens with one attached hydrogen (secondary N) is 2. The Labute approximate surface area is 100 Å². The number of alkyl halides is 3. The minimum atomic E-state index is -4.19. The van der Waals surface area contributed by atoms with Gasteiger partial charge in [0.05, 0.1) is 23.1 Å². The summed E-state index contributed by atoms with van der Waals surface area (Å²) in [6.07, 6.45) is -5.10. The Morgan fingerprint density at radius 2 is 2.11 bits per heavy atom. The van der Waals surface area contributed by atoms with E-state index in [-0.39, 0.29) is 12.2 Å². The fraction of sp³-hybridized carbons (Fsp3) is 0.364. The minimum Gasteiger partial charge on any atom is -0.383 e. The molecule has 0 spiro atoms. The van der Waals surface area contributed by atoms with Gasteiger partial charge in [-0.05, 0) is 12.1 Å². The van der Waals surface area contributed by atoms with Gasteiger partial charge in [-0.15, -0.1) is 0 Å². The van der Waals surface area contributed by atoms with E-state index in [2.05, 4.69) is 10.3 Å². The average molecular weight is 259 g/mol. The van der Waals surface area contributed by atoms with Crippen molar-refractivity contribution in [3.05, 3.63) is 28.7 Å². The number of benzene rings is 1. The highest BCUT2D eigenvalue weighted by atomic mass is 19.4. The van der Waals surface area contributed by atoms with Gasteiger partial charge in [0.25, 0.3) is 0 Å². The molecule has 2 aromatic rings. The third-order valence-corrected chi connectivity index (χ3v) is 2.64. The highest BCUT2D eigenvalue weighted by Crippen LogP contribution is 2.22. The summed E-state index contributed by atoms with van der Waals surface area (Å²) in [7, 11) is 1.57. The van der Waals surface area contributed by atoms with E-state index in [0.717, 1.165) is 0 Å². The topological polar surface area (TPSA) is 49.8 Å². The number of imidazole rings is 1. The molecule has 0 unspecified atom stereocenters. The first-order chi connectivity index (χ1) is 8.38. The highest BCUT2D eigenvalue weighted by molar-refractivity contribution is 5.88. The number of aryl methyl sites for hydroxylation is 1. The Balaban J connectivity index is 2.26. The molecule has 0 aliphatic heterocycles. The summed E-state index contributed by atoms with van der Waals surface area (Å²) in [6, 6.07) is 5.02. The number of hydrogen-bond donors (Lipinski definition) is 2. The molecule has 1 heterocycles. The summed E-state index contributed by atoms with van der Waals surface area (Å²) in [5, 5.41) is 2.70. The molecule has 2 N–H and O–H groups in total. The van der Waals surface area contributed by atoms with Gasteiger partial charge in [0.1, 0.15) is 0 Å². The Morgan fingerprint density at radius 3 is 2.78 bits per heavy atom.